The van der Waals surface area contributed by atoms with Crippen LogP contribution in [0.15, 0.2) is 30.3 Å². The van der Waals surface area contributed by atoms with Crippen molar-refractivity contribution in [1.29, 1.82) is 0 Å². The van der Waals surface area contributed by atoms with Crippen molar-refractivity contribution in [1.82, 2.24) is 9.80 Å². The van der Waals surface area contributed by atoms with Gasteiger partial charge in [0.05, 0.1) is 19.1 Å². The van der Waals surface area contributed by atoms with Crippen LogP contribution in [-0.4, -0.2) is 73.2 Å². The summed E-state index contributed by atoms with van der Waals surface area (Å²) in [5.74, 6) is 0.115. The van der Waals surface area contributed by atoms with E-state index in [1.54, 1.807) is 11.8 Å². The molecular formula is C20H28N2O4. The SMILES string of the molecule is CC(OCC1CCCO1)C(=O)N1CCN(C(=O)Cc2ccccc2)CC1. The Morgan fingerprint density at radius 2 is 1.85 bits per heavy atom. The van der Waals surface area contributed by atoms with E-state index in [4.69, 9.17) is 9.47 Å². The lowest BCUT2D eigenvalue weighted by Crippen LogP contribution is -2.53. The van der Waals surface area contributed by atoms with Crippen molar-refractivity contribution in [2.45, 2.75) is 38.4 Å². The molecule has 142 valence electrons. The van der Waals surface area contributed by atoms with Crippen LogP contribution in [-0.2, 0) is 25.5 Å². The monoisotopic (exact) mass is 360 g/mol. The Hall–Kier alpha value is -1.92. The molecule has 0 bridgehead atoms. The molecule has 0 aromatic heterocycles. The average Bonchev–Trinajstić information content (AvgIpc) is 3.20. The summed E-state index contributed by atoms with van der Waals surface area (Å²) in [4.78, 5) is 28.6. The summed E-state index contributed by atoms with van der Waals surface area (Å²) in [6.07, 6.45) is 2.14. The van der Waals surface area contributed by atoms with Gasteiger partial charge in [0.2, 0.25) is 5.91 Å². The standard InChI is InChI=1S/C20H28N2O4/c1-16(26-15-18-8-5-13-25-18)20(24)22-11-9-21(10-12-22)19(23)14-17-6-3-2-4-7-17/h2-4,6-7,16,18H,5,8-15H2,1H3. The van der Waals surface area contributed by atoms with Crippen LogP contribution in [0.2, 0.25) is 0 Å². The van der Waals surface area contributed by atoms with E-state index in [0.29, 0.717) is 39.2 Å². The maximum absolute atomic E-state index is 12.5. The number of nitrogens with zero attached hydrogens (tertiary/aromatic N) is 2. The summed E-state index contributed by atoms with van der Waals surface area (Å²) >= 11 is 0. The van der Waals surface area contributed by atoms with Crippen molar-refractivity contribution in [2.24, 2.45) is 0 Å². The van der Waals surface area contributed by atoms with E-state index in [0.717, 1.165) is 25.0 Å². The fourth-order valence-electron chi connectivity index (χ4n) is 3.41. The Morgan fingerprint density at radius 3 is 2.50 bits per heavy atom. The third-order valence-electron chi connectivity index (χ3n) is 5.05. The van der Waals surface area contributed by atoms with Gasteiger partial charge in [-0.3, -0.25) is 9.59 Å². The van der Waals surface area contributed by atoms with Crippen LogP contribution in [0.1, 0.15) is 25.3 Å². The van der Waals surface area contributed by atoms with E-state index >= 15 is 0 Å². The molecule has 0 saturated carbocycles. The van der Waals surface area contributed by atoms with E-state index in [1.165, 1.54) is 0 Å². The first-order chi connectivity index (χ1) is 12.6. The molecule has 2 unspecified atom stereocenters. The molecule has 3 rings (SSSR count). The smallest absolute Gasteiger partial charge is 0.251 e. The molecule has 2 amide bonds. The third-order valence-corrected chi connectivity index (χ3v) is 5.05. The van der Waals surface area contributed by atoms with Crippen LogP contribution in [0, 0.1) is 0 Å². The van der Waals surface area contributed by atoms with E-state index < -0.39 is 6.10 Å². The highest BCUT2D eigenvalue weighted by molar-refractivity contribution is 5.82. The zero-order valence-electron chi connectivity index (χ0n) is 15.4. The van der Waals surface area contributed by atoms with E-state index in [2.05, 4.69) is 0 Å². The minimum absolute atomic E-state index is 0.00171. The summed E-state index contributed by atoms with van der Waals surface area (Å²) < 4.78 is 11.2. The van der Waals surface area contributed by atoms with Gasteiger partial charge in [-0.25, -0.2) is 0 Å². The van der Waals surface area contributed by atoms with Gasteiger partial charge in [-0.1, -0.05) is 30.3 Å². The molecule has 2 fully saturated rings. The molecule has 0 spiro atoms. The summed E-state index contributed by atoms with van der Waals surface area (Å²) in [5, 5.41) is 0. The Kier molecular flexibility index (Phi) is 6.63. The number of carbonyl (C=O) groups is 2. The maximum Gasteiger partial charge on any atom is 0.251 e. The molecule has 6 heteroatoms. The molecule has 6 nitrogen and oxygen atoms in total. The largest absolute Gasteiger partial charge is 0.376 e. The molecule has 2 aliphatic rings. The number of hydrogen-bond acceptors (Lipinski definition) is 4. The van der Waals surface area contributed by atoms with Crippen LogP contribution in [0.4, 0.5) is 0 Å². The number of ether oxygens (including phenoxy) is 2. The normalized spacial score (nSPS) is 21.7. The lowest BCUT2D eigenvalue weighted by Gasteiger charge is -2.36. The lowest BCUT2D eigenvalue weighted by atomic mass is 10.1. The van der Waals surface area contributed by atoms with Gasteiger partial charge < -0.3 is 19.3 Å². The quantitative estimate of drug-likeness (QED) is 0.771. The van der Waals surface area contributed by atoms with Crippen molar-refractivity contribution >= 4 is 11.8 Å². The van der Waals surface area contributed by atoms with Crippen LogP contribution in [0.25, 0.3) is 0 Å². The second-order valence-electron chi connectivity index (χ2n) is 6.98. The number of piperazine rings is 1. The molecule has 2 saturated heterocycles. The van der Waals surface area contributed by atoms with Crippen LogP contribution < -0.4 is 0 Å². The number of benzene rings is 1. The first-order valence-electron chi connectivity index (χ1n) is 9.47. The zero-order valence-corrected chi connectivity index (χ0v) is 15.4. The highest BCUT2D eigenvalue weighted by Crippen LogP contribution is 2.14. The number of carbonyl (C=O) groups excluding carboxylic acids is 2. The molecule has 0 radical (unpaired) electrons. The van der Waals surface area contributed by atoms with E-state index in [1.807, 2.05) is 35.2 Å². The van der Waals surface area contributed by atoms with Gasteiger partial charge in [0.15, 0.2) is 0 Å². The molecule has 0 N–H and O–H groups in total. The predicted molar refractivity (Wildman–Crippen MR) is 97.7 cm³/mol. The van der Waals surface area contributed by atoms with Gasteiger partial charge in [-0.2, -0.15) is 0 Å². The van der Waals surface area contributed by atoms with E-state index in [-0.39, 0.29) is 17.9 Å². The van der Waals surface area contributed by atoms with Crippen molar-refractivity contribution in [3.8, 4) is 0 Å². The highest BCUT2D eigenvalue weighted by Gasteiger charge is 2.28. The summed E-state index contributed by atoms with van der Waals surface area (Å²) in [6.45, 7) is 5.34. The van der Waals surface area contributed by atoms with Crippen molar-refractivity contribution in [3.05, 3.63) is 35.9 Å². The second kappa shape index (κ2) is 9.14. The van der Waals surface area contributed by atoms with Gasteiger partial charge >= 0.3 is 0 Å². The molecule has 2 aliphatic heterocycles. The van der Waals surface area contributed by atoms with Crippen molar-refractivity contribution < 1.29 is 19.1 Å². The van der Waals surface area contributed by atoms with Crippen molar-refractivity contribution in [2.75, 3.05) is 39.4 Å². The average molecular weight is 360 g/mol. The predicted octanol–water partition coefficient (Wildman–Crippen LogP) is 1.48. The molecule has 26 heavy (non-hydrogen) atoms. The molecule has 2 heterocycles. The Labute approximate surface area is 155 Å². The molecule has 1 aromatic carbocycles. The molecule has 1 aromatic rings. The number of hydrogen-bond donors (Lipinski definition) is 0. The van der Waals surface area contributed by atoms with E-state index in [9.17, 15) is 9.59 Å². The summed E-state index contributed by atoms with van der Waals surface area (Å²) in [7, 11) is 0. The van der Waals surface area contributed by atoms with Gasteiger partial charge in [-0.15, -0.1) is 0 Å². The number of rotatable bonds is 6. The zero-order chi connectivity index (χ0) is 18.4. The fraction of sp³-hybridized carbons (Fsp3) is 0.600. The minimum atomic E-state index is -0.467. The summed E-state index contributed by atoms with van der Waals surface area (Å²) in [5.41, 5.74) is 1.02. The van der Waals surface area contributed by atoms with Gasteiger partial charge in [-0.05, 0) is 25.3 Å². The topological polar surface area (TPSA) is 59.1 Å². The van der Waals surface area contributed by atoms with Crippen LogP contribution >= 0.6 is 0 Å². The molecule has 2 atom stereocenters. The highest BCUT2D eigenvalue weighted by atomic mass is 16.5. The molecular weight excluding hydrogens is 332 g/mol. The van der Waals surface area contributed by atoms with Crippen molar-refractivity contribution in [3.63, 3.8) is 0 Å². The lowest BCUT2D eigenvalue weighted by molar-refractivity contribution is -0.148. The fourth-order valence-corrected chi connectivity index (χ4v) is 3.41. The van der Waals surface area contributed by atoms with Crippen LogP contribution in [0.3, 0.4) is 0 Å². The Bertz CT molecular complexity index is 593. The maximum atomic E-state index is 12.5. The van der Waals surface area contributed by atoms with Crippen LogP contribution in [0.5, 0.6) is 0 Å². The Balaban J connectivity index is 1.40. The van der Waals surface area contributed by atoms with Gasteiger partial charge in [0.25, 0.3) is 5.91 Å². The minimum Gasteiger partial charge on any atom is -0.376 e. The number of amides is 2. The first kappa shape index (κ1) is 18.9. The first-order valence-corrected chi connectivity index (χ1v) is 9.47. The second-order valence-corrected chi connectivity index (χ2v) is 6.98. The summed E-state index contributed by atoms with van der Waals surface area (Å²) in [6, 6.07) is 9.75. The third kappa shape index (κ3) is 5.05. The molecule has 0 aliphatic carbocycles. The Morgan fingerprint density at radius 1 is 1.15 bits per heavy atom. The van der Waals surface area contributed by atoms with Gasteiger partial charge in [0, 0.05) is 32.8 Å². The van der Waals surface area contributed by atoms with Gasteiger partial charge in [0.1, 0.15) is 6.10 Å².